The van der Waals surface area contributed by atoms with Crippen molar-refractivity contribution in [2.45, 2.75) is 13.5 Å². The van der Waals surface area contributed by atoms with Crippen LogP contribution in [0.25, 0.3) is 11.5 Å². The summed E-state index contributed by atoms with van der Waals surface area (Å²) in [5.74, 6) is 1.49. The highest BCUT2D eigenvalue weighted by Gasteiger charge is 2.19. The minimum atomic E-state index is 0.658. The molecule has 0 amide bonds. The molecule has 1 fully saturated rings. The third-order valence-electron chi connectivity index (χ3n) is 5.01. The molecule has 0 radical (unpaired) electrons. The second-order valence-corrected chi connectivity index (χ2v) is 6.97. The van der Waals surface area contributed by atoms with E-state index in [0.717, 1.165) is 49.7 Å². The summed E-state index contributed by atoms with van der Waals surface area (Å²) in [4.78, 5) is 9.54. The number of ether oxygens (including phenoxy) is 1. The van der Waals surface area contributed by atoms with Gasteiger partial charge in [-0.3, -0.25) is 4.90 Å². The Kier molecular flexibility index (Phi) is 5.12. The fourth-order valence-electron chi connectivity index (χ4n) is 3.46. The normalized spacial score (nSPS) is 15.1. The Morgan fingerprint density at radius 3 is 2.52 bits per heavy atom. The molecular formula is C22H25N3O2. The number of piperazine rings is 1. The zero-order valence-electron chi connectivity index (χ0n) is 15.9. The van der Waals surface area contributed by atoms with E-state index in [2.05, 4.69) is 46.0 Å². The van der Waals surface area contributed by atoms with Crippen molar-refractivity contribution in [1.29, 1.82) is 0 Å². The minimum Gasteiger partial charge on any atom is -0.497 e. The van der Waals surface area contributed by atoms with Crippen LogP contribution < -0.4 is 9.64 Å². The molecule has 0 aliphatic carbocycles. The Morgan fingerprint density at radius 1 is 1.04 bits per heavy atom. The summed E-state index contributed by atoms with van der Waals surface area (Å²) < 4.78 is 10.9. The van der Waals surface area contributed by atoms with E-state index in [-0.39, 0.29) is 0 Å². The van der Waals surface area contributed by atoms with E-state index in [0.29, 0.717) is 5.89 Å². The summed E-state index contributed by atoms with van der Waals surface area (Å²) >= 11 is 0. The number of hydrogen-bond donors (Lipinski definition) is 0. The van der Waals surface area contributed by atoms with Gasteiger partial charge in [0.2, 0.25) is 5.89 Å². The second-order valence-electron chi connectivity index (χ2n) is 6.97. The molecule has 0 saturated carbocycles. The molecule has 0 bridgehead atoms. The van der Waals surface area contributed by atoms with Crippen LogP contribution in [0, 0.1) is 6.92 Å². The van der Waals surface area contributed by atoms with E-state index in [1.807, 2.05) is 24.3 Å². The molecule has 3 aromatic rings. The van der Waals surface area contributed by atoms with Crippen LogP contribution in [0.3, 0.4) is 0 Å². The van der Waals surface area contributed by atoms with Gasteiger partial charge in [0.05, 0.1) is 12.8 Å². The number of rotatable bonds is 5. The van der Waals surface area contributed by atoms with Gasteiger partial charge >= 0.3 is 0 Å². The SMILES string of the molecule is COc1ccc(-c2nc(CN3CCN(c4cccc(C)c4)CC3)co2)cc1. The molecule has 0 unspecified atom stereocenters. The van der Waals surface area contributed by atoms with Crippen molar-refractivity contribution >= 4 is 5.69 Å². The maximum Gasteiger partial charge on any atom is 0.226 e. The van der Waals surface area contributed by atoms with Crippen molar-refractivity contribution < 1.29 is 9.15 Å². The van der Waals surface area contributed by atoms with Gasteiger partial charge in [-0.15, -0.1) is 0 Å². The first-order valence-electron chi connectivity index (χ1n) is 9.34. The van der Waals surface area contributed by atoms with Gasteiger partial charge in [-0.2, -0.15) is 0 Å². The first kappa shape index (κ1) is 17.6. The molecule has 5 heteroatoms. The molecule has 0 atom stereocenters. The van der Waals surface area contributed by atoms with Gasteiger partial charge in [-0.05, 0) is 48.9 Å². The summed E-state index contributed by atoms with van der Waals surface area (Å²) in [7, 11) is 1.66. The summed E-state index contributed by atoms with van der Waals surface area (Å²) in [6.45, 7) is 7.09. The third kappa shape index (κ3) is 4.14. The van der Waals surface area contributed by atoms with Crippen LogP contribution in [0.2, 0.25) is 0 Å². The highest BCUT2D eigenvalue weighted by atomic mass is 16.5. The predicted octanol–water partition coefficient (Wildman–Crippen LogP) is 3.98. The van der Waals surface area contributed by atoms with E-state index < -0.39 is 0 Å². The van der Waals surface area contributed by atoms with Gasteiger partial charge in [-0.1, -0.05) is 12.1 Å². The number of nitrogens with zero attached hydrogens (tertiary/aromatic N) is 3. The number of hydrogen-bond acceptors (Lipinski definition) is 5. The number of anilines is 1. The molecule has 4 rings (SSSR count). The van der Waals surface area contributed by atoms with E-state index in [9.17, 15) is 0 Å². The van der Waals surface area contributed by atoms with Crippen LogP contribution in [0.1, 0.15) is 11.3 Å². The Hall–Kier alpha value is -2.79. The molecule has 2 aromatic carbocycles. The van der Waals surface area contributed by atoms with E-state index in [1.165, 1.54) is 11.3 Å². The molecule has 1 saturated heterocycles. The lowest BCUT2D eigenvalue weighted by molar-refractivity contribution is 0.247. The topological polar surface area (TPSA) is 41.7 Å². The molecule has 1 aromatic heterocycles. The number of aryl methyl sites for hydroxylation is 1. The van der Waals surface area contributed by atoms with Gasteiger partial charge in [-0.25, -0.2) is 4.98 Å². The molecule has 140 valence electrons. The molecular weight excluding hydrogens is 338 g/mol. The number of aromatic nitrogens is 1. The smallest absolute Gasteiger partial charge is 0.226 e. The van der Waals surface area contributed by atoms with Crippen molar-refractivity contribution in [3.63, 3.8) is 0 Å². The van der Waals surface area contributed by atoms with Gasteiger partial charge < -0.3 is 14.1 Å². The van der Waals surface area contributed by atoms with Crippen molar-refractivity contribution in [3.8, 4) is 17.2 Å². The lowest BCUT2D eigenvalue weighted by Crippen LogP contribution is -2.46. The van der Waals surface area contributed by atoms with E-state index in [1.54, 1.807) is 13.4 Å². The highest BCUT2D eigenvalue weighted by Crippen LogP contribution is 2.23. The van der Waals surface area contributed by atoms with Crippen LogP contribution in [0.4, 0.5) is 5.69 Å². The zero-order valence-corrected chi connectivity index (χ0v) is 15.9. The van der Waals surface area contributed by atoms with Crippen LogP contribution in [-0.4, -0.2) is 43.2 Å². The Morgan fingerprint density at radius 2 is 1.81 bits per heavy atom. The summed E-state index contributed by atoms with van der Waals surface area (Å²) in [6, 6.07) is 16.5. The van der Waals surface area contributed by atoms with Gasteiger partial charge in [0.25, 0.3) is 0 Å². The standard InChI is InChI=1S/C22H25N3O2/c1-17-4-3-5-20(14-17)25-12-10-24(11-13-25)15-19-16-27-22(23-19)18-6-8-21(26-2)9-7-18/h3-9,14,16H,10-13,15H2,1-2H3. The fraction of sp³-hybridized carbons (Fsp3) is 0.318. The highest BCUT2D eigenvalue weighted by molar-refractivity contribution is 5.54. The molecule has 0 N–H and O–H groups in total. The van der Waals surface area contributed by atoms with Crippen LogP contribution in [0.5, 0.6) is 5.75 Å². The van der Waals surface area contributed by atoms with Crippen LogP contribution in [0.15, 0.2) is 59.2 Å². The molecule has 2 heterocycles. The lowest BCUT2D eigenvalue weighted by atomic mass is 10.2. The average Bonchev–Trinajstić information content (AvgIpc) is 3.17. The number of methoxy groups -OCH3 is 1. The molecule has 27 heavy (non-hydrogen) atoms. The average molecular weight is 363 g/mol. The first-order chi connectivity index (χ1) is 13.2. The van der Waals surface area contributed by atoms with Crippen LogP contribution >= 0.6 is 0 Å². The minimum absolute atomic E-state index is 0.658. The van der Waals surface area contributed by atoms with E-state index >= 15 is 0 Å². The largest absolute Gasteiger partial charge is 0.497 e. The second kappa shape index (κ2) is 7.84. The van der Waals surface area contributed by atoms with Crippen molar-refractivity contribution in [2.75, 3.05) is 38.2 Å². The summed E-state index contributed by atoms with van der Waals surface area (Å²) in [5, 5.41) is 0. The van der Waals surface area contributed by atoms with Crippen LogP contribution in [-0.2, 0) is 6.54 Å². The Bertz CT molecular complexity index is 881. The molecule has 1 aliphatic rings. The molecule has 5 nitrogen and oxygen atoms in total. The number of oxazole rings is 1. The number of benzene rings is 2. The lowest BCUT2D eigenvalue weighted by Gasteiger charge is -2.35. The Labute approximate surface area is 160 Å². The Balaban J connectivity index is 1.35. The first-order valence-corrected chi connectivity index (χ1v) is 9.34. The molecule has 1 aliphatic heterocycles. The van der Waals surface area contributed by atoms with Crippen molar-refractivity contribution in [2.24, 2.45) is 0 Å². The monoisotopic (exact) mass is 363 g/mol. The van der Waals surface area contributed by atoms with Gasteiger partial charge in [0.15, 0.2) is 0 Å². The van der Waals surface area contributed by atoms with Crippen molar-refractivity contribution in [1.82, 2.24) is 9.88 Å². The zero-order chi connectivity index (χ0) is 18.6. The van der Waals surface area contributed by atoms with Crippen molar-refractivity contribution in [3.05, 3.63) is 66.1 Å². The quantitative estimate of drug-likeness (QED) is 0.686. The summed E-state index contributed by atoms with van der Waals surface area (Å²) in [6.07, 6.45) is 1.77. The third-order valence-corrected chi connectivity index (χ3v) is 5.01. The predicted molar refractivity (Wildman–Crippen MR) is 107 cm³/mol. The maximum absolute atomic E-state index is 5.68. The molecule has 0 spiro atoms. The van der Waals surface area contributed by atoms with Gasteiger partial charge in [0.1, 0.15) is 12.0 Å². The maximum atomic E-state index is 5.68. The summed E-state index contributed by atoms with van der Waals surface area (Å²) in [5.41, 5.74) is 4.57. The van der Waals surface area contributed by atoms with Gasteiger partial charge in [0, 0.05) is 44.0 Å². The van der Waals surface area contributed by atoms with E-state index in [4.69, 9.17) is 9.15 Å². The fourth-order valence-corrected chi connectivity index (χ4v) is 3.46.